The van der Waals surface area contributed by atoms with Gasteiger partial charge in [-0.3, -0.25) is 9.59 Å². The van der Waals surface area contributed by atoms with E-state index in [4.69, 9.17) is 21.4 Å². The fourth-order valence-electron chi connectivity index (χ4n) is 3.63. The molecule has 1 N–H and O–H groups in total. The molecule has 3 aromatic carbocycles. The first-order valence-electron chi connectivity index (χ1n) is 10.9. The summed E-state index contributed by atoms with van der Waals surface area (Å²) in [6.45, 7) is 5.45. The second kappa shape index (κ2) is 9.93. The number of rotatable bonds is 6. The predicted molar refractivity (Wildman–Crippen MR) is 134 cm³/mol. The molecule has 1 amide bonds. The van der Waals surface area contributed by atoms with Crippen molar-refractivity contribution in [3.8, 4) is 22.7 Å². The van der Waals surface area contributed by atoms with E-state index in [-0.39, 0.29) is 11.8 Å². The van der Waals surface area contributed by atoms with E-state index in [1.807, 2.05) is 56.3 Å². The fraction of sp³-hybridized carbons (Fsp3) is 0.148. The number of para-hydroxylation sites is 1. The molecule has 7 heteroatoms. The zero-order valence-corrected chi connectivity index (χ0v) is 19.8. The number of amides is 1. The number of ether oxygens (including phenoxy) is 1. The summed E-state index contributed by atoms with van der Waals surface area (Å²) in [4.78, 5) is 24.6. The first-order chi connectivity index (χ1) is 16.3. The van der Waals surface area contributed by atoms with Crippen molar-refractivity contribution in [2.45, 2.75) is 26.7 Å². The summed E-state index contributed by atoms with van der Waals surface area (Å²) in [6, 6.07) is 23.7. The van der Waals surface area contributed by atoms with Crippen molar-refractivity contribution in [1.82, 2.24) is 9.78 Å². The number of carbonyl (C=O) groups excluding carboxylic acids is 2. The zero-order chi connectivity index (χ0) is 24.2. The van der Waals surface area contributed by atoms with Crippen LogP contribution < -0.4 is 10.1 Å². The topological polar surface area (TPSA) is 73.2 Å². The lowest BCUT2D eigenvalue weighted by Crippen LogP contribution is -2.12. The summed E-state index contributed by atoms with van der Waals surface area (Å²) in [5, 5.41) is 8.03. The lowest BCUT2D eigenvalue weighted by Gasteiger charge is -2.11. The highest BCUT2D eigenvalue weighted by Gasteiger charge is 2.25. The van der Waals surface area contributed by atoms with Gasteiger partial charge in [-0.25, -0.2) is 0 Å². The van der Waals surface area contributed by atoms with Crippen LogP contribution >= 0.6 is 11.6 Å². The lowest BCUT2D eigenvalue weighted by atomic mass is 9.99. The zero-order valence-electron chi connectivity index (χ0n) is 19.1. The van der Waals surface area contributed by atoms with E-state index < -0.39 is 5.97 Å². The van der Waals surface area contributed by atoms with Crippen LogP contribution in [0.4, 0.5) is 5.69 Å². The molecule has 172 valence electrons. The number of hydrogen-bond donors (Lipinski definition) is 1. The number of hydrogen-bond acceptors (Lipinski definition) is 4. The molecule has 4 aromatic rings. The van der Waals surface area contributed by atoms with Crippen LogP contribution in [0.25, 0.3) is 16.8 Å². The van der Waals surface area contributed by atoms with Crippen LogP contribution in [-0.4, -0.2) is 21.7 Å². The highest BCUT2D eigenvalue weighted by atomic mass is 35.5. The van der Waals surface area contributed by atoms with Crippen LogP contribution in [0.2, 0.25) is 5.02 Å². The molecule has 0 saturated heterocycles. The number of aromatic nitrogens is 2. The van der Waals surface area contributed by atoms with Gasteiger partial charge in [-0.05, 0) is 47.9 Å². The minimum absolute atomic E-state index is 0.0777. The fourth-order valence-corrected chi connectivity index (χ4v) is 3.85. The van der Waals surface area contributed by atoms with Crippen LogP contribution in [0.3, 0.4) is 0 Å². The SMILES string of the molecule is CC(=O)Oc1c(-c2ccc(NC(=O)c3ccccc3Cl)cc2)c(C(C)C)nn1-c1ccccc1. The van der Waals surface area contributed by atoms with E-state index >= 15 is 0 Å². The average Bonchev–Trinajstić information content (AvgIpc) is 3.19. The Morgan fingerprint density at radius 2 is 1.59 bits per heavy atom. The van der Waals surface area contributed by atoms with E-state index in [1.165, 1.54) is 6.92 Å². The summed E-state index contributed by atoms with van der Waals surface area (Å²) in [7, 11) is 0. The third-order valence-electron chi connectivity index (χ3n) is 5.21. The Hall–Kier alpha value is -3.90. The number of nitrogens with one attached hydrogen (secondary N) is 1. The summed E-state index contributed by atoms with van der Waals surface area (Å²) in [5.74, 6) is -0.292. The molecule has 4 rings (SSSR count). The molecule has 34 heavy (non-hydrogen) atoms. The van der Waals surface area contributed by atoms with Gasteiger partial charge in [0.05, 0.1) is 27.5 Å². The molecule has 0 aliphatic rings. The maximum Gasteiger partial charge on any atom is 0.309 e. The van der Waals surface area contributed by atoms with Crippen molar-refractivity contribution in [3.05, 3.63) is 95.1 Å². The molecule has 0 unspecified atom stereocenters. The number of benzene rings is 3. The molecule has 1 heterocycles. The number of nitrogens with zero attached hydrogens (tertiary/aromatic N) is 2. The summed E-state index contributed by atoms with van der Waals surface area (Å²) < 4.78 is 7.31. The van der Waals surface area contributed by atoms with Crippen molar-refractivity contribution in [2.24, 2.45) is 0 Å². The average molecular weight is 474 g/mol. The normalized spacial score (nSPS) is 10.9. The first kappa shape index (κ1) is 23.3. The smallest absolute Gasteiger partial charge is 0.309 e. The van der Waals surface area contributed by atoms with Gasteiger partial charge in [-0.1, -0.05) is 67.9 Å². The Labute approximate surface area is 203 Å². The number of carbonyl (C=O) groups is 2. The van der Waals surface area contributed by atoms with Crippen LogP contribution in [0.5, 0.6) is 5.88 Å². The molecule has 0 radical (unpaired) electrons. The van der Waals surface area contributed by atoms with E-state index in [0.29, 0.717) is 22.2 Å². The Balaban J connectivity index is 1.73. The van der Waals surface area contributed by atoms with Crippen molar-refractivity contribution in [1.29, 1.82) is 0 Å². The first-order valence-corrected chi connectivity index (χ1v) is 11.3. The van der Waals surface area contributed by atoms with Gasteiger partial charge in [0.25, 0.3) is 5.91 Å². The molecule has 0 aliphatic carbocycles. The van der Waals surface area contributed by atoms with Gasteiger partial charge >= 0.3 is 5.97 Å². The molecular formula is C27H24ClN3O3. The minimum atomic E-state index is -0.433. The molecule has 0 fully saturated rings. The van der Waals surface area contributed by atoms with Crippen molar-refractivity contribution in [3.63, 3.8) is 0 Å². The molecule has 0 spiro atoms. The third kappa shape index (κ3) is 4.87. The Bertz CT molecular complexity index is 1330. The van der Waals surface area contributed by atoms with E-state index in [1.54, 1.807) is 41.1 Å². The van der Waals surface area contributed by atoms with Crippen LogP contribution in [0, 0.1) is 0 Å². The summed E-state index contributed by atoms with van der Waals surface area (Å²) in [5.41, 5.74) is 4.15. The Morgan fingerprint density at radius 1 is 0.941 bits per heavy atom. The van der Waals surface area contributed by atoms with Crippen LogP contribution in [0.1, 0.15) is 42.7 Å². The van der Waals surface area contributed by atoms with Crippen molar-refractivity contribution < 1.29 is 14.3 Å². The minimum Gasteiger partial charge on any atom is -0.407 e. The molecule has 0 bridgehead atoms. The summed E-state index contributed by atoms with van der Waals surface area (Å²) in [6.07, 6.45) is 0. The number of halogens is 1. The predicted octanol–water partition coefficient (Wildman–Crippen LogP) is 6.49. The van der Waals surface area contributed by atoms with Gasteiger partial charge in [0.2, 0.25) is 5.88 Å². The lowest BCUT2D eigenvalue weighted by molar-refractivity contribution is -0.132. The van der Waals surface area contributed by atoms with Gasteiger partial charge in [-0.15, -0.1) is 0 Å². The highest BCUT2D eigenvalue weighted by molar-refractivity contribution is 6.34. The van der Waals surface area contributed by atoms with Crippen LogP contribution in [0.15, 0.2) is 78.9 Å². The van der Waals surface area contributed by atoms with E-state index in [0.717, 1.165) is 22.5 Å². The maximum atomic E-state index is 12.6. The summed E-state index contributed by atoms with van der Waals surface area (Å²) >= 11 is 6.14. The molecule has 6 nitrogen and oxygen atoms in total. The largest absolute Gasteiger partial charge is 0.407 e. The van der Waals surface area contributed by atoms with Gasteiger partial charge in [0, 0.05) is 12.6 Å². The van der Waals surface area contributed by atoms with Gasteiger partial charge in [0.1, 0.15) is 0 Å². The number of esters is 1. The number of anilines is 1. The second-order valence-corrected chi connectivity index (χ2v) is 8.48. The van der Waals surface area contributed by atoms with E-state index in [2.05, 4.69) is 5.32 Å². The molecule has 1 aromatic heterocycles. The van der Waals surface area contributed by atoms with Crippen LogP contribution in [-0.2, 0) is 4.79 Å². The Morgan fingerprint density at radius 3 is 2.21 bits per heavy atom. The van der Waals surface area contributed by atoms with Gasteiger partial charge < -0.3 is 10.1 Å². The molecule has 0 aliphatic heterocycles. The maximum absolute atomic E-state index is 12.6. The van der Waals surface area contributed by atoms with Gasteiger partial charge in [-0.2, -0.15) is 9.78 Å². The molecular weight excluding hydrogens is 450 g/mol. The molecule has 0 saturated carbocycles. The Kier molecular flexibility index (Phi) is 6.80. The van der Waals surface area contributed by atoms with Gasteiger partial charge in [0.15, 0.2) is 0 Å². The van der Waals surface area contributed by atoms with E-state index in [9.17, 15) is 9.59 Å². The van der Waals surface area contributed by atoms with Crippen molar-refractivity contribution in [2.75, 3.05) is 5.32 Å². The highest BCUT2D eigenvalue weighted by Crippen LogP contribution is 2.39. The third-order valence-corrected chi connectivity index (χ3v) is 5.54. The monoisotopic (exact) mass is 473 g/mol. The molecule has 0 atom stereocenters. The second-order valence-electron chi connectivity index (χ2n) is 8.07. The van der Waals surface area contributed by atoms with Crippen molar-refractivity contribution >= 4 is 29.2 Å². The quantitative estimate of drug-likeness (QED) is 0.325. The standard InChI is InChI=1S/C27H24ClN3O3/c1-17(2)25-24(27(34-18(3)32)31(30-25)21-9-5-4-6-10-21)19-13-15-20(16-14-19)29-26(33)22-11-7-8-12-23(22)28/h4-17H,1-3H3,(H,29,33).